The highest BCUT2D eigenvalue weighted by atomic mass is 79.9. The molecule has 1 aliphatic heterocycles. The van der Waals surface area contributed by atoms with Gasteiger partial charge in [-0.2, -0.15) is 0 Å². The molecule has 8 nitrogen and oxygen atoms in total. The van der Waals surface area contributed by atoms with E-state index in [0.717, 1.165) is 15.8 Å². The van der Waals surface area contributed by atoms with E-state index < -0.39 is 17.9 Å². The van der Waals surface area contributed by atoms with E-state index in [0.29, 0.717) is 39.5 Å². The maximum absolute atomic E-state index is 13.7. The van der Waals surface area contributed by atoms with Gasteiger partial charge in [-0.1, -0.05) is 39.4 Å². The summed E-state index contributed by atoms with van der Waals surface area (Å²) in [6.07, 6.45) is 0. The molecule has 0 radical (unpaired) electrons. The van der Waals surface area contributed by atoms with E-state index in [9.17, 15) is 14.4 Å². The number of nitrogens with zero attached hydrogens (tertiary/aromatic N) is 2. The summed E-state index contributed by atoms with van der Waals surface area (Å²) in [6, 6.07) is 11.5. The summed E-state index contributed by atoms with van der Waals surface area (Å²) in [5, 5.41) is 0.631. The number of esters is 1. The monoisotopic (exact) mass is 568 g/mol. The topological polar surface area (TPSA) is 98.9 Å². The zero-order valence-electron chi connectivity index (χ0n) is 19.7. The van der Waals surface area contributed by atoms with Crippen molar-refractivity contribution in [2.45, 2.75) is 26.8 Å². The Labute approximate surface area is 218 Å². The normalized spacial score (nSPS) is 14.8. The van der Waals surface area contributed by atoms with E-state index >= 15 is 0 Å². The van der Waals surface area contributed by atoms with Crippen LogP contribution in [0.4, 0.5) is 5.13 Å². The zero-order chi connectivity index (χ0) is 25.6. The van der Waals surface area contributed by atoms with E-state index in [1.165, 1.54) is 4.90 Å². The van der Waals surface area contributed by atoms with Crippen LogP contribution in [0.1, 0.15) is 56.9 Å². The van der Waals surface area contributed by atoms with Crippen molar-refractivity contribution >= 4 is 55.2 Å². The average molecular weight is 569 g/mol. The van der Waals surface area contributed by atoms with Gasteiger partial charge >= 0.3 is 5.97 Å². The second-order valence-electron chi connectivity index (χ2n) is 8.03. The fourth-order valence-electron chi connectivity index (χ4n) is 4.24. The number of ether oxygens (including phenoxy) is 2. The van der Waals surface area contributed by atoms with Crippen molar-refractivity contribution in [2.24, 2.45) is 0 Å². The van der Waals surface area contributed by atoms with Crippen molar-refractivity contribution < 1.29 is 23.5 Å². The van der Waals surface area contributed by atoms with E-state index in [1.807, 2.05) is 19.1 Å². The largest absolute Gasteiger partial charge is 0.494 e. The Kier molecular flexibility index (Phi) is 6.40. The number of aromatic nitrogens is 1. The first-order valence-corrected chi connectivity index (χ1v) is 12.9. The van der Waals surface area contributed by atoms with Crippen molar-refractivity contribution in [3.63, 3.8) is 0 Å². The number of rotatable bonds is 6. The molecule has 0 fully saturated rings. The summed E-state index contributed by atoms with van der Waals surface area (Å²) in [6.45, 7) is 6.02. The van der Waals surface area contributed by atoms with Crippen LogP contribution in [0.25, 0.3) is 11.0 Å². The minimum atomic E-state index is -0.802. The molecular weight excluding hydrogens is 548 g/mol. The quantitative estimate of drug-likeness (QED) is 0.277. The van der Waals surface area contributed by atoms with Gasteiger partial charge in [-0.3, -0.25) is 14.5 Å². The van der Waals surface area contributed by atoms with Crippen LogP contribution < -0.4 is 15.1 Å². The number of halogens is 1. The third-order valence-corrected chi connectivity index (χ3v) is 7.42. The zero-order valence-corrected chi connectivity index (χ0v) is 22.1. The molecule has 184 valence electrons. The second-order valence-corrected chi connectivity index (χ2v) is 9.92. The van der Waals surface area contributed by atoms with Crippen LogP contribution in [0.15, 0.2) is 56.1 Å². The SMILES string of the molecule is CCOC(=O)c1sc(N2C(=O)c3oc4ccc(Br)cc4c(=O)c3C2c2ccc(OCC)cc2)nc1C. The smallest absolute Gasteiger partial charge is 0.350 e. The molecule has 0 spiro atoms. The highest BCUT2D eigenvalue weighted by molar-refractivity contribution is 9.10. The Bertz CT molecular complexity index is 1560. The Morgan fingerprint density at radius 2 is 1.89 bits per heavy atom. The first-order chi connectivity index (χ1) is 17.3. The Hall–Kier alpha value is -3.50. The summed E-state index contributed by atoms with van der Waals surface area (Å²) in [5.74, 6) is -0.388. The molecule has 0 bridgehead atoms. The lowest BCUT2D eigenvalue weighted by atomic mass is 9.98. The molecule has 10 heteroatoms. The lowest BCUT2D eigenvalue weighted by molar-refractivity contribution is 0.0531. The third-order valence-electron chi connectivity index (χ3n) is 5.79. The predicted octanol–water partition coefficient (Wildman–Crippen LogP) is 5.65. The molecule has 5 rings (SSSR count). The molecule has 1 atom stereocenters. The first kappa shape index (κ1) is 24.2. The molecule has 0 saturated carbocycles. The van der Waals surface area contributed by atoms with Gasteiger partial charge in [0.15, 0.2) is 10.6 Å². The number of anilines is 1. The van der Waals surface area contributed by atoms with Gasteiger partial charge in [-0.25, -0.2) is 9.78 Å². The van der Waals surface area contributed by atoms with E-state index in [4.69, 9.17) is 13.9 Å². The molecule has 0 aliphatic carbocycles. The molecule has 0 saturated heterocycles. The van der Waals surface area contributed by atoms with E-state index in [-0.39, 0.29) is 28.5 Å². The molecule has 36 heavy (non-hydrogen) atoms. The van der Waals surface area contributed by atoms with E-state index in [1.54, 1.807) is 44.2 Å². The van der Waals surface area contributed by atoms with Crippen LogP contribution in [0.3, 0.4) is 0 Å². The van der Waals surface area contributed by atoms with Crippen LogP contribution in [-0.2, 0) is 4.74 Å². The Morgan fingerprint density at radius 1 is 1.14 bits per heavy atom. The Balaban J connectivity index is 1.72. The van der Waals surface area contributed by atoms with Gasteiger partial charge in [0.2, 0.25) is 5.76 Å². The van der Waals surface area contributed by atoms with Crippen LogP contribution in [0, 0.1) is 6.92 Å². The maximum Gasteiger partial charge on any atom is 0.350 e. The standard InChI is InChI=1S/C26H21BrN2O6S/c1-4-33-16-9-6-14(7-10-16)20-19-21(30)17-12-15(27)8-11-18(17)35-22(19)24(31)29(20)26-28-13(3)23(36-26)25(32)34-5-2/h6-12,20H,4-5H2,1-3H3. The number of carbonyl (C=O) groups is 2. The molecule has 1 amide bonds. The van der Waals surface area contributed by atoms with Crippen LogP contribution in [0.5, 0.6) is 5.75 Å². The maximum atomic E-state index is 13.7. The number of benzene rings is 2. The van der Waals surface area contributed by atoms with Gasteiger partial charge in [0.05, 0.1) is 35.9 Å². The molecule has 0 N–H and O–H groups in total. The molecule has 3 heterocycles. The van der Waals surface area contributed by atoms with E-state index in [2.05, 4.69) is 20.9 Å². The van der Waals surface area contributed by atoms with Crippen LogP contribution >= 0.6 is 27.3 Å². The fraction of sp³-hybridized carbons (Fsp3) is 0.231. The summed E-state index contributed by atoms with van der Waals surface area (Å²) < 4.78 is 17.4. The summed E-state index contributed by atoms with van der Waals surface area (Å²) in [4.78, 5) is 46.2. The Morgan fingerprint density at radius 3 is 2.58 bits per heavy atom. The average Bonchev–Trinajstić information content (AvgIpc) is 3.38. The van der Waals surface area contributed by atoms with Crippen LogP contribution in [-0.4, -0.2) is 30.1 Å². The molecule has 2 aromatic carbocycles. The fourth-order valence-corrected chi connectivity index (χ4v) is 5.59. The lowest BCUT2D eigenvalue weighted by Gasteiger charge is -2.22. The number of amides is 1. The van der Waals surface area contributed by atoms with Gasteiger partial charge in [0.25, 0.3) is 5.91 Å². The van der Waals surface area contributed by atoms with Crippen molar-refractivity contribution in [3.8, 4) is 5.75 Å². The van der Waals surface area contributed by atoms with Crippen molar-refractivity contribution in [2.75, 3.05) is 18.1 Å². The van der Waals surface area contributed by atoms with Gasteiger partial charge < -0.3 is 13.9 Å². The van der Waals surface area contributed by atoms with Crippen LogP contribution in [0.2, 0.25) is 0 Å². The molecule has 2 aromatic heterocycles. The van der Waals surface area contributed by atoms with Crippen molar-refractivity contribution in [1.29, 1.82) is 0 Å². The summed E-state index contributed by atoms with van der Waals surface area (Å²) >= 11 is 4.45. The molecular formula is C26H21BrN2O6S. The number of hydrogen-bond donors (Lipinski definition) is 0. The van der Waals surface area contributed by atoms with Gasteiger partial charge in [0.1, 0.15) is 16.2 Å². The number of aryl methyl sites for hydroxylation is 1. The van der Waals surface area contributed by atoms with Gasteiger partial charge in [-0.15, -0.1) is 0 Å². The number of hydrogen-bond acceptors (Lipinski definition) is 8. The minimum absolute atomic E-state index is 0.0424. The molecule has 1 aliphatic rings. The molecule has 1 unspecified atom stereocenters. The lowest BCUT2D eigenvalue weighted by Crippen LogP contribution is -2.29. The highest BCUT2D eigenvalue weighted by Crippen LogP contribution is 2.43. The second kappa shape index (κ2) is 9.51. The van der Waals surface area contributed by atoms with Crippen molar-refractivity contribution in [3.05, 3.63) is 84.6 Å². The van der Waals surface area contributed by atoms with Gasteiger partial charge in [0, 0.05) is 4.47 Å². The predicted molar refractivity (Wildman–Crippen MR) is 139 cm³/mol. The first-order valence-electron chi connectivity index (χ1n) is 11.3. The highest BCUT2D eigenvalue weighted by Gasteiger charge is 2.45. The van der Waals surface area contributed by atoms with Gasteiger partial charge in [-0.05, 0) is 56.7 Å². The third kappa shape index (κ3) is 4.00. The van der Waals surface area contributed by atoms with Crippen molar-refractivity contribution in [1.82, 2.24) is 4.98 Å². The number of thiazole rings is 1. The number of fused-ring (bicyclic) bond motifs is 2. The minimum Gasteiger partial charge on any atom is -0.494 e. The summed E-state index contributed by atoms with van der Waals surface area (Å²) in [5.41, 5.74) is 1.35. The summed E-state index contributed by atoms with van der Waals surface area (Å²) in [7, 11) is 0. The number of carbonyl (C=O) groups excluding carboxylic acids is 2. The molecule has 4 aromatic rings.